The van der Waals surface area contributed by atoms with Crippen molar-refractivity contribution in [3.05, 3.63) is 24.3 Å². The van der Waals surface area contributed by atoms with E-state index < -0.39 is 0 Å². The van der Waals surface area contributed by atoms with Gasteiger partial charge in [-0.1, -0.05) is 98.3 Å². The SMILES string of the molecule is C=C(C)C(=C)C(CCC)CC(=O)C1C(C(=O)C(CC(=O)C2CCCCC2)C2CCCCC2)CC2C1C2(C)C.CC. The van der Waals surface area contributed by atoms with Crippen LogP contribution in [0.15, 0.2) is 24.3 Å². The van der Waals surface area contributed by atoms with Gasteiger partial charge in [-0.05, 0) is 80.1 Å². The number of carbonyl (C=O) groups is 3. The molecule has 0 N–H and O–H groups in total. The van der Waals surface area contributed by atoms with Gasteiger partial charge in [0.2, 0.25) is 0 Å². The van der Waals surface area contributed by atoms with Crippen LogP contribution in [0, 0.1) is 52.8 Å². The Morgan fingerprint density at radius 3 is 1.98 bits per heavy atom. The van der Waals surface area contributed by atoms with Crippen LogP contribution in [-0.2, 0) is 14.4 Å². The first-order valence-electron chi connectivity index (χ1n) is 17.0. The van der Waals surface area contributed by atoms with Crippen molar-refractivity contribution in [2.24, 2.45) is 52.8 Å². The molecule has 0 aliphatic heterocycles. The molecule has 0 spiro atoms. The van der Waals surface area contributed by atoms with E-state index in [9.17, 15) is 14.4 Å². The van der Waals surface area contributed by atoms with Crippen molar-refractivity contribution in [3.8, 4) is 0 Å². The summed E-state index contributed by atoms with van der Waals surface area (Å²) in [6, 6.07) is 0. The number of hydrogen-bond acceptors (Lipinski definition) is 3. The Morgan fingerprint density at radius 2 is 1.43 bits per heavy atom. The van der Waals surface area contributed by atoms with Crippen molar-refractivity contribution in [3.63, 3.8) is 0 Å². The van der Waals surface area contributed by atoms with Crippen LogP contribution in [0.25, 0.3) is 0 Å². The van der Waals surface area contributed by atoms with E-state index >= 15 is 0 Å². The lowest BCUT2D eigenvalue weighted by Gasteiger charge is -2.35. The van der Waals surface area contributed by atoms with Gasteiger partial charge in [0, 0.05) is 36.5 Å². The fourth-order valence-electron chi connectivity index (χ4n) is 8.93. The molecule has 0 aromatic heterocycles. The van der Waals surface area contributed by atoms with Crippen molar-refractivity contribution >= 4 is 17.3 Å². The summed E-state index contributed by atoms with van der Waals surface area (Å²) in [5, 5.41) is 0. The van der Waals surface area contributed by atoms with E-state index in [2.05, 4.69) is 33.9 Å². The molecule has 0 saturated heterocycles. The molecule has 4 saturated carbocycles. The number of ketones is 3. The molecule has 226 valence electrons. The Morgan fingerprint density at radius 1 is 0.850 bits per heavy atom. The number of fused-ring (bicyclic) bond motifs is 1. The zero-order chi connectivity index (χ0) is 29.6. The van der Waals surface area contributed by atoms with Crippen LogP contribution in [0.2, 0.25) is 0 Å². The molecule has 0 aromatic rings. The third kappa shape index (κ3) is 7.27. The Kier molecular flexibility index (Phi) is 12.0. The van der Waals surface area contributed by atoms with E-state index in [1.54, 1.807) is 0 Å². The normalized spacial score (nSPS) is 29.4. The molecule has 4 aliphatic carbocycles. The zero-order valence-corrected chi connectivity index (χ0v) is 26.9. The summed E-state index contributed by atoms with van der Waals surface area (Å²) in [6.45, 7) is 21.1. The maximum absolute atomic E-state index is 14.5. The lowest BCUT2D eigenvalue weighted by molar-refractivity contribution is -0.139. The molecule has 0 amide bonds. The summed E-state index contributed by atoms with van der Waals surface area (Å²) < 4.78 is 0. The van der Waals surface area contributed by atoms with Crippen LogP contribution < -0.4 is 0 Å². The average Bonchev–Trinajstić information content (AvgIpc) is 3.27. The highest BCUT2D eigenvalue weighted by atomic mass is 16.1. The topological polar surface area (TPSA) is 51.2 Å². The molecule has 4 rings (SSSR count). The van der Waals surface area contributed by atoms with Gasteiger partial charge >= 0.3 is 0 Å². The molecule has 0 aromatic carbocycles. The van der Waals surface area contributed by atoms with Gasteiger partial charge in [-0.3, -0.25) is 14.4 Å². The summed E-state index contributed by atoms with van der Waals surface area (Å²) >= 11 is 0. The minimum absolute atomic E-state index is 0.115. The number of carbonyl (C=O) groups excluding carboxylic acids is 3. The van der Waals surface area contributed by atoms with Crippen LogP contribution in [-0.4, -0.2) is 17.3 Å². The third-order valence-corrected chi connectivity index (χ3v) is 11.4. The summed E-state index contributed by atoms with van der Waals surface area (Å²) in [6.07, 6.45) is 14.9. The Bertz CT molecular complexity index is 914. The van der Waals surface area contributed by atoms with Gasteiger partial charge in [0.05, 0.1) is 0 Å². The van der Waals surface area contributed by atoms with E-state index in [1.807, 2.05) is 20.8 Å². The van der Waals surface area contributed by atoms with E-state index in [1.165, 1.54) is 25.7 Å². The number of Topliss-reactive ketones (excluding diaryl/α,β-unsaturated/α-hetero) is 3. The van der Waals surface area contributed by atoms with E-state index in [4.69, 9.17) is 0 Å². The molecule has 3 nitrogen and oxygen atoms in total. The van der Waals surface area contributed by atoms with Crippen molar-refractivity contribution in [1.82, 2.24) is 0 Å². The van der Waals surface area contributed by atoms with Gasteiger partial charge in [0.25, 0.3) is 0 Å². The fraction of sp³-hybridized carbons (Fsp3) is 0.811. The van der Waals surface area contributed by atoms with Crippen LogP contribution in [0.5, 0.6) is 0 Å². The molecular formula is C37H60O3. The van der Waals surface area contributed by atoms with Gasteiger partial charge in [0.15, 0.2) is 0 Å². The highest BCUT2D eigenvalue weighted by molar-refractivity contribution is 5.95. The lowest BCUT2D eigenvalue weighted by atomic mass is 9.68. The predicted molar refractivity (Wildman–Crippen MR) is 167 cm³/mol. The standard InChI is InChI=1S/C35H54O3.C2H6/c1-7-14-26(23(4)22(2)3)19-31(37)32-28(20-29-33(32)35(29,5)6)34(38)27(24-15-10-8-11-16-24)21-30(36)25-17-12-9-13-18-25;1-2/h24-29,32-33H,2,4,7-21H2,1,3,5-6H3;1-2H3. The van der Waals surface area contributed by atoms with Crippen molar-refractivity contribution in [2.75, 3.05) is 0 Å². The molecular weight excluding hydrogens is 492 g/mol. The minimum atomic E-state index is -0.197. The Balaban J connectivity index is 0.00000216. The average molecular weight is 553 g/mol. The van der Waals surface area contributed by atoms with Crippen LogP contribution in [0.3, 0.4) is 0 Å². The van der Waals surface area contributed by atoms with Gasteiger partial charge in [-0.15, -0.1) is 0 Å². The second-order valence-corrected chi connectivity index (χ2v) is 14.2. The number of hydrogen-bond donors (Lipinski definition) is 0. The van der Waals surface area contributed by atoms with Crippen molar-refractivity contribution in [1.29, 1.82) is 0 Å². The minimum Gasteiger partial charge on any atom is -0.299 e. The van der Waals surface area contributed by atoms with Crippen LogP contribution in [0.1, 0.15) is 138 Å². The highest BCUT2D eigenvalue weighted by Crippen LogP contribution is 2.71. The number of rotatable bonds is 13. The molecule has 4 aliphatic rings. The first kappa shape index (κ1) is 33.0. The molecule has 4 fully saturated rings. The van der Waals surface area contributed by atoms with E-state index in [0.29, 0.717) is 36.4 Å². The first-order valence-corrected chi connectivity index (χ1v) is 17.0. The zero-order valence-electron chi connectivity index (χ0n) is 26.9. The maximum atomic E-state index is 14.5. The predicted octanol–water partition coefficient (Wildman–Crippen LogP) is 9.73. The smallest absolute Gasteiger partial charge is 0.140 e. The van der Waals surface area contributed by atoms with Gasteiger partial charge in [-0.25, -0.2) is 0 Å². The summed E-state index contributed by atoms with van der Waals surface area (Å²) in [5.74, 6) is 1.67. The quantitative estimate of drug-likeness (QED) is 0.214. The van der Waals surface area contributed by atoms with Gasteiger partial charge in [-0.2, -0.15) is 0 Å². The summed E-state index contributed by atoms with van der Waals surface area (Å²) in [5.41, 5.74) is 2.09. The molecule has 6 atom stereocenters. The fourth-order valence-corrected chi connectivity index (χ4v) is 8.93. The second-order valence-electron chi connectivity index (χ2n) is 14.2. The van der Waals surface area contributed by atoms with E-state index in [0.717, 1.165) is 68.9 Å². The molecule has 0 radical (unpaired) electrons. The molecule has 3 heteroatoms. The lowest BCUT2D eigenvalue weighted by Crippen LogP contribution is -2.39. The number of allylic oxidation sites excluding steroid dienone is 2. The highest BCUT2D eigenvalue weighted by Gasteiger charge is 2.69. The summed E-state index contributed by atoms with van der Waals surface area (Å²) in [4.78, 5) is 42.0. The monoisotopic (exact) mass is 552 g/mol. The molecule has 0 heterocycles. The van der Waals surface area contributed by atoms with Crippen LogP contribution in [0.4, 0.5) is 0 Å². The molecule has 6 unspecified atom stereocenters. The maximum Gasteiger partial charge on any atom is 0.140 e. The molecule has 0 bridgehead atoms. The molecule has 40 heavy (non-hydrogen) atoms. The first-order chi connectivity index (χ1) is 19.1. The van der Waals surface area contributed by atoms with Crippen molar-refractivity contribution < 1.29 is 14.4 Å². The second kappa shape index (κ2) is 14.6. The third-order valence-electron chi connectivity index (χ3n) is 11.4. The van der Waals surface area contributed by atoms with Crippen molar-refractivity contribution in [2.45, 2.75) is 138 Å². The van der Waals surface area contributed by atoms with Gasteiger partial charge in [0.1, 0.15) is 17.3 Å². The largest absolute Gasteiger partial charge is 0.299 e. The van der Waals surface area contributed by atoms with Crippen LogP contribution >= 0.6 is 0 Å². The van der Waals surface area contributed by atoms with Gasteiger partial charge < -0.3 is 0 Å². The van der Waals surface area contributed by atoms with E-state index in [-0.39, 0.29) is 46.6 Å². The summed E-state index contributed by atoms with van der Waals surface area (Å²) in [7, 11) is 0. The Hall–Kier alpha value is -1.51. The Labute approximate surface area is 246 Å².